The van der Waals surface area contributed by atoms with Gasteiger partial charge in [0.1, 0.15) is 5.82 Å². The minimum Gasteiger partial charge on any atom is -0.481 e. The Bertz CT molecular complexity index is 489. The molecule has 0 unspecified atom stereocenters. The average Bonchev–Trinajstić information content (AvgIpc) is 2.86. The normalized spacial score (nSPS) is 22.2. The number of carbonyl (C=O) groups is 2. The molecule has 1 saturated carbocycles. The molecule has 0 radical (unpaired) electrons. The van der Waals surface area contributed by atoms with E-state index < -0.39 is 11.9 Å². The standard InChI is InChI=1S/C14H16FNO3/c15-12-3-1-2-9(6-12)8-16-13(17)10-4-5-11(7-10)14(18)19/h1-3,6,10-11H,4-5,7-8H2,(H,16,17)(H,18,19)/t10-,11+/m0/s1. The molecule has 1 aromatic carbocycles. The monoisotopic (exact) mass is 265 g/mol. The highest BCUT2D eigenvalue weighted by atomic mass is 19.1. The van der Waals surface area contributed by atoms with E-state index in [9.17, 15) is 14.0 Å². The van der Waals surface area contributed by atoms with Crippen LogP contribution < -0.4 is 5.32 Å². The van der Waals surface area contributed by atoms with Crippen LogP contribution >= 0.6 is 0 Å². The second kappa shape index (κ2) is 5.82. The fourth-order valence-corrected chi connectivity index (χ4v) is 2.42. The van der Waals surface area contributed by atoms with E-state index in [1.807, 2.05) is 0 Å². The number of carbonyl (C=O) groups excluding carboxylic acids is 1. The van der Waals surface area contributed by atoms with Crippen LogP contribution in [0.4, 0.5) is 4.39 Å². The van der Waals surface area contributed by atoms with Crippen LogP contribution in [0, 0.1) is 17.7 Å². The maximum Gasteiger partial charge on any atom is 0.306 e. The van der Waals surface area contributed by atoms with Crippen molar-refractivity contribution in [3.8, 4) is 0 Å². The zero-order chi connectivity index (χ0) is 13.8. The first-order valence-electron chi connectivity index (χ1n) is 6.31. The maximum atomic E-state index is 13.0. The van der Waals surface area contributed by atoms with Gasteiger partial charge >= 0.3 is 5.97 Å². The molecule has 19 heavy (non-hydrogen) atoms. The van der Waals surface area contributed by atoms with Crippen LogP contribution in [0.5, 0.6) is 0 Å². The van der Waals surface area contributed by atoms with Gasteiger partial charge in [0, 0.05) is 12.5 Å². The molecule has 1 aliphatic rings. The Morgan fingerprint density at radius 3 is 2.68 bits per heavy atom. The van der Waals surface area contributed by atoms with Crippen LogP contribution in [-0.4, -0.2) is 17.0 Å². The molecule has 0 bridgehead atoms. The number of hydrogen-bond acceptors (Lipinski definition) is 2. The second-order valence-electron chi connectivity index (χ2n) is 4.89. The van der Waals surface area contributed by atoms with Gasteiger partial charge in [-0.3, -0.25) is 9.59 Å². The number of benzene rings is 1. The molecule has 1 fully saturated rings. The third-order valence-corrected chi connectivity index (χ3v) is 3.51. The molecular weight excluding hydrogens is 249 g/mol. The lowest BCUT2D eigenvalue weighted by atomic mass is 10.0. The summed E-state index contributed by atoms with van der Waals surface area (Å²) < 4.78 is 13.0. The van der Waals surface area contributed by atoms with Gasteiger partial charge in [0.25, 0.3) is 0 Å². The van der Waals surface area contributed by atoms with Crippen LogP contribution in [0.2, 0.25) is 0 Å². The number of carboxylic acid groups (broad SMARTS) is 1. The summed E-state index contributed by atoms with van der Waals surface area (Å²) in [5.74, 6) is -1.97. The first kappa shape index (κ1) is 13.5. The number of amides is 1. The van der Waals surface area contributed by atoms with E-state index in [2.05, 4.69) is 5.32 Å². The lowest BCUT2D eigenvalue weighted by Gasteiger charge is -2.10. The minimum atomic E-state index is -0.833. The van der Waals surface area contributed by atoms with Crippen molar-refractivity contribution in [2.24, 2.45) is 11.8 Å². The SMILES string of the molecule is O=C(O)[C@@H]1CC[C@H](C(=O)NCc2cccc(F)c2)C1. The Hall–Kier alpha value is -1.91. The first-order valence-corrected chi connectivity index (χ1v) is 6.31. The van der Waals surface area contributed by atoms with Gasteiger partial charge in [0.2, 0.25) is 5.91 Å². The molecule has 1 aromatic rings. The third kappa shape index (κ3) is 3.53. The van der Waals surface area contributed by atoms with Crippen LogP contribution in [0.1, 0.15) is 24.8 Å². The van der Waals surface area contributed by atoms with E-state index in [-0.39, 0.29) is 24.2 Å². The van der Waals surface area contributed by atoms with E-state index in [4.69, 9.17) is 5.11 Å². The van der Waals surface area contributed by atoms with Gasteiger partial charge in [0.15, 0.2) is 0 Å². The van der Waals surface area contributed by atoms with Crippen molar-refractivity contribution in [2.45, 2.75) is 25.8 Å². The quantitative estimate of drug-likeness (QED) is 0.874. The van der Waals surface area contributed by atoms with Crippen molar-refractivity contribution in [1.82, 2.24) is 5.32 Å². The molecule has 0 aliphatic heterocycles. The van der Waals surface area contributed by atoms with Crippen molar-refractivity contribution in [3.63, 3.8) is 0 Å². The van der Waals surface area contributed by atoms with Crippen LogP contribution in [0.3, 0.4) is 0 Å². The largest absolute Gasteiger partial charge is 0.481 e. The molecule has 0 heterocycles. The highest BCUT2D eigenvalue weighted by molar-refractivity contribution is 5.80. The molecule has 1 amide bonds. The Morgan fingerprint density at radius 1 is 1.32 bits per heavy atom. The Labute approximate surface area is 110 Å². The van der Waals surface area contributed by atoms with E-state index in [0.717, 1.165) is 0 Å². The third-order valence-electron chi connectivity index (χ3n) is 3.51. The van der Waals surface area contributed by atoms with Crippen molar-refractivity contribution in [1.29, 1.82) is 0 Å². The molecule has 0 saturated heterocycles. The summed E-state index contributed by atoms with van der Waals surface area (Å²) in [4.78, 5) is 22.7. The van der Waals surface area contributed by atoms with Crippen molar-refractivity contribution in [2.75, 3.05) is 0 Å². The number of aliphatic carboxylic acids is 1. The fraction of sp³-hybridized carbons (Fsp3) is 0.429. The van der Waals surface area contributed by atoms with Crippen molar-refractivity contribution < 1.29 is 19.1 Å². The molecule has 5 heteroatoms. The lowest BCUT2D eigenvalue weighted by molar-refractivity contribution is -0.141. The summed E-state index contributed by atoms with van der Waals surface area (Å²) in [6.07, 6.45) is 1.55. The molecular formula is C14H16FNO3. The predicted molar refractivity (Wildman–Crippen MR) is 66.7 cm³/mol. The van der Waals surface area contributed by atoms with E-state index >= 15 is 0 Å². The van der Waals surface area contributed by atoms with Crippen LogP contribution in [0.25, 0.3) is 0 Å². The molecule has 4 nitrogen and oxygen atoms in total. The molecule has 0 spiro atoms. The van der Waals surface area contributed by atoms with Gasteiger partial charge in [0.05, 0.1) is 5.92 Å². The zero-order valence-corrected chi connectivity index (χ0v) is 10.4. The number of halogens is 1. The number of carboxylic acids is 1. The number of hydrogen-bond donors (Lipinski definition) is 2. The molecule has 1 aliphatic carbocycles. The van der Waals surface area contributed by atoms with Crippen molar-refractivity contribution >= 4 is 11.9 Å². The smallest absolute Gasteiger partial charge is 0.306 e. The Morgan fingerprint density at radius 2 is 2.05 bits per heavy atom. The summed E-state index contributed by atoms with van der Waals surface area (Å²) in [5, 5.41) is 11.6. The van der Waals surface area contributed by atoms with E-state index in [1.54, 1.807) is 12.1 Å². The lowest BCUT2D eigenvalue weighted by Crippen LogP contribution is -2.29. The van der Waals surface area contributed by atoms with Gasteiger partial charge in [-0.2, -0.15) is 0 Å². The Balaban J connectivity index is 1.84. The second-order valence-corrected chi connectivity index (χ2v) is 4.89. The molecule has 2 rings (SSSR count). The van der Waals surface area contributed by atoms with E-state index in [1.165, 1.54) is 12.1 Å². The summed E-state index contributed by atoms with van der Waals surface area (Å²) in [6, 6.07) is 6.04. The molecule has 2 atom stereocenters. The molecule has 0 aromatic heterocycles. The minimum absolute atomic E-state index is 0.145. The predicted octanol–water partition coefficient (Wildman–Crippen LogP) is 1.94. The topological polar surface area (TPSA) is 66.4 Å². The number of nitrogens with one attached hydrogen (secondary N) is 1. The average molecular weight is 265 g/mol. The first-order chi connectivity index (χ1) is 9.06. The van der Waals surface area contributed by atoms with Gasteiger partial charge < -0.3 is 10.4 Å². The summed E-state index contributed by atoms with van der Waals surface area (Å²) in [6.45, 7) is 0.269. The van der Waals surface area contributed by atoms with Gasteiger partial charge in [-0.05, 0) is 37.0 Å². The van der Waals surface area contributed by atoms with Crippen molar-refractivity contribution in [3.05, 3.63) is 35.6 Å². The summed E-state index contributed by atoms with van der Waals surface area (Å²) >= 11 is 0. The highest BCUT2D eigenvalue weighted by Gasteiger charge is 2.33. The maximum absolute atomic E-state index is 13.0. The Kier molecular flexibility index (Phi) is 4.14. The molecule has 102 valence electrons. The van der Waals surface area contributed by atoms with Gasteiger partial charge in [-0.15, -0.1) is 0 Å². The highest BCUT2D eigenvalue weighted by Crippen LogP contribution is 2.31. The van der Waals surface area contributed by atoms with E-state index in [0.29, 0.717) is 24.8 Å². The zero-order valence-electron chi connectivity index (χ0n) is 10.4. The van der Waals surface area contributed by atoms with Gasteiger partial charge in [-0.25, -0.2) is 4.39 Å². The van der Waals surface area contributed by atoms with Crippen LogP contribution in [0.15, 0.2) is 24.3 Å². The van der Waals surface area contributed by atoms with Crippen LogP contribution in [-0.2, 0) is 16.1 Å². The summed E-state index contributed by atoms with van der Waals surface area (Å²) in [7, 11) is 0. The van der Waals surface area contributed by atoms with Gasteiger partial charge in [-0.1, -0.05) is 12.1 Å². The number of rotatable bonds is 4. The molecule has 2 N–H and O–H groups in total. The summed E-state index contributed by atoms with van der Waals surface area (Å²) in [5.41, 5.74) is 0.695. The fourth-order valence-electron chi connectivity index (χ4n) is 2.42.